The van der Waals surface area contributed by atoms with E-state index in [1.165, 1.54) is 0 Å². The molecule has 0 saturated heterocycles. The van der Waals surface area contributed by atoms with Gasteiger partial charge in [-0.2, -0.15) is 0 Å². The third-order valence-electron chi connectivity index (χ3n) is 9.29. The van der Waals surface area contributed by atoms with Crippen molar-refractivity contribution >= 4 is 72.0 Å². The Morgan fingerprint density at radius 3 is 1.92 bits per heavy atom. The number of hydrogen-bond donors (Lipinski definition) is 0. The minimum absolute atomic E-state index is 0.664. The van der Waals surface area contributed by atoms with Crippen molar-refractivity contribution in [3.05, 3.63) is 164 Å². The highest BCUT2D eigenvalue weighted by atomic mass is 16.3. The number of anilines is 3. The zero-order valence-electron chi connectivity index (χ0n) is 26.2. The largest absolute Gasteiger partial charge is 0.456 e. The first-order chi connectivity index (χ1) is 24.3. The molecule has 0 radical (unpaired) electrons. The van der Waals surface area contributed by atoms with Crippen molar-refractivity contribution in [1.29, 1.82) is 0 Å². The highest BCUT2D eigenvalue weighted by Gasteiger charge is 2.23. The Morgan fingerprint density at radius 2 is 1.08 bits per heavy atom. The van der Waals surface area contributed by atoms with Crippen LogP contribution in [0.15, 0.2) is 173 Å². The standard InChI is InChI=1S/C44H27N3O2/c1-2-12-29(13-3-1)43-45-36-19-7-4-15-34(36)44(46-43)47(37-20-11-23-40-41(37)35-16-6-9-22-39(35)48-40)30-26-24-28(25-27-30)31-17-10-18-33-32-14-5-8-21-38(32)49-42(31)33/h1-27H. The van der Waals surface area contributed by atoms with E-state index in [2.05, 4.69) is 102 Å². The Bertz CT molecular complexity index is 2830. The van der Waals surface area contributed by atoms with E-state index < -0.39 is 0 Å². The van der Waals surface area contributed by atoms with Gasteiger partial charge in [0.2, 0.25) is 0 Å². The van der Waals surface area contributed by atoms with E-state index in [9.17, 15) is 0 Å². The molecule has 0 fully saturated rings. The molecule has 0 saturated carbocycles. The lowest BCUT2D eigenvalue weighted by Gasteiger charge is -2.27. The van der Waals surface area contributed by atoms with Crippen LogP contribution in [-0.4, -0.2) is 9.97 Å². The molecular formula is C44H27N3O2. The van der Waals surface area contributed by atoms with Crippen molar-refractivity contribution in [3.63, 3.8) is 0 Å². The molecule has 49 heavy (non-hydrogen) atoms. The molecule has 3 aromatic heterocycles. The predicted molar refractivity (Wildman–Crippen MR) is 200 cm³/mol. The van der Waals surface area contributed by atoms with Gasteiger partial charge in [-0.15, -0.1) is 0 Å². The van der Waals surface area contributed by atoms with Crippen LogP contribution in [0.4, 0.5) is 17.2 Å². The molecule has 7 aromatic carbocycles. The third kappa shape index (κ3) is 4.40. The van der Waals surface area contributed by atoms with Crippen LogP contribution in [-0.2, 0) is 0 Å². The number of furan rings is 2. The summed E-state index contributed by atoms with van der Waals surface area (Å²) < 4.78 is 12.8. The number of hydrogen-bond acceptors (Lipinski definition) is 5. The highest BCUT2D eigenvalue weighted by molar-refractivity contribution is 6.14. The Hall–Kier alpha value is -6.72. The van der Waals surface area contributed by atoms with Gasteiger partial charge in [-0.3, -0.25) is 4.90 Å². The molecule has 5 nitrogen and oxygen atoms in total. The summed E-state index contributed by atoms with van der Waals surface area (Å²) >= 11 is 0. The van der Waals surface area contributed by atoms with Crippen LogP contribution in [0.2, 0.25) is 0 Å². The molecule has 230 valence electrons. The van der Waals surface area contributed by atoms with Gasteiger partial charge in [0.05, 0.1) is 16.6 Å². The predicted octanol–water partition coefficient (Wildman–Crippen LogP) is 12.2. The van der Waals surface area contributed by atoms with E-state index in [0.717, 1.165) is 88.7 Å². The summed E-state index contributed by atoms with van der Waals surface area (Å²) in [6, 6.07) is 56.0. The van der Waals surface area contributed by atoms with Crippen LogP contribution in [0.3, 0.4) is 0 Å². The van der Waals surface area contributed by atoms with Crippen molar-refractivity contribution < 1.29 is 8.83 Å². The van der Waals surface area contributed by atoms with Crippen molar-refractivity contribution in [2.45, 2.75) is 0 Å². The van der Waals surface area contributed by atoms with Gasteiger partial charge in [0.25, 0.3) is 0 Å². The van der Waals surface area contributed by atoms with Crippen molar-refractivity contribution in [2.24, 2.45) is 0 Å². The number of rotatable bonds is 5. The second-order valence-corrected chi connectivity index (χ2v) is 12.2. The molecule has 3 heterocycles. The minimum Gasteiger partial charge on any atom is -0.456 e. The average molecular weight is 630 g/mol. The number of fused-ring (bicyclic) bond motifs is 7. The molecule has 0 atom stereocenters. The van der Waals surface area contributed by atoms with E-state index in [1.807, 2.05) is 66.7 Å². The summed E-state index contributed by atoms with van der Waals surface area (Å²) in [4.78, 5) is 12.6. The van der Waals surface area contributed by atoms with E-state index in [0.29, 0.717) is 5.82 Å². The quantitative estimate of drug-likeness (QED) is 0.190. The lowest BCUT2D eigenvalue weighted by Crippen LogP contribution is -2.13. The summed E-state index contributed by atoms with van der Waals surface area (Å²) in [7, 11) is 0. The molecule has 0 amide bonds. The van der Waals surface area contributed by atoms with Gasteiger partial charge in [-0.05, 0) is 54.1 Å². The Morgan fingerprint density at radius 1 is 0.429 bits per heavy atom. The van der Waals surface area contributed by atoms with Gasteiger partial charge in [-0.25, -0.2) is 9.97 Å². The van der Waals surface area contributed by atoms with E-state index in [1.54, 1.807) is 0 Å². The lowest BCUT2D eigenvalue weighted by atomic mass is 10.0. The molecule has 0 N–H and O–H groups in total. The number of para-hydroxylation sites is 4. The van der Waals surface area contributed by atoms with Crippen molar-refractivity contribution in [2.75, 3.05) is 4.90 Å². The van der Waals surface area contributed by atoms with Gasteiger partial charge in [-0.1, -0.05) is 115 Å². The molecule has 0 unspecified atom stereocenters. The van der Waals surface area contributed by atoms with Gasteiger partial charge >= 0.3 is 0 Å². The van der Waals surface area contributed by atoms with Gasteiger partial charge in [0.15, 0.2) is 5.82 Å². The first-order valence-corrected chi connectivity index (χ1v) is 16.3. The topological polar surface area (TPSA) is 55.3 Å². The van der Waals surface area contributed by atoms with Crippen LogP contribution in [0, 0.1) is 0 Å². The summed E-state index contributed by atoms with van der Waals surface area (Å²) in [6.07, 6.45) is 0. The molecule has 5 heteroatoms. The number of nitrogens with zero attached hydrogens (tertiary/aromatic N) is 3. The summed E-state index contributed by atoms with van der Waals surface area (Å²) in [6.45, 7) is 0. The van der Waals surface area contributed by atoms with E-state index >= 15 is 0 Å². The summed E-state index contributed by atoms with van der Waals surface area (Å²) in [5.41, 5.74) is 9.31. The molecule has 10 aromatic rings. The smallest absolute Gasteiger partial charge is 0.162 e. The number of aromatic nitrogens is 2. The summed E-state index contributed by atoms with van der Waals surface area (Å²) in [5.74, 6) is 1.45. The Kier molecular flexibility index (Phi) is 6.11. The normalized spacial score (nSPS) is 11.7. The van der Waals surface area contributed by atoms with Gasteiger partial charge < -0.3 is 8.83 Å². The first kappa shape index (κ1) is 27.4. The first-order valence-electron chi connectivity index (χ1n) is 16.3. The molecule has 0 bridgehead atoms. The Balaban J connectivity index is 1.22. The molecule has 10 rings (SSSR count). The zero-order chi connectivity index (χ0) is 32.3. The maximum absolute atomic E-state index is 6.40. The molecule has 0 aliphatic heterocycles. The fourth-order valence-corrected chi connectivity index (χ4v) is 7.03. The van der Waals surface area contributed by atoms with Crippen LogP contribution in [0.5, 0.6) is 0 Å². The van der Waals surface area contributed by atoms with Crippen LogP contribution in [0.25, 0.3) is 77.3 Å². The van der Waals surface area contributed by atoms with Crippen LogP contribution < -0.4 is 4.90 Å². The third-order valence-corrected chi connectivity index (χ3v) is 9.29. The second kappa shape index (κ2) is 10.9. The van der Waals surface area contributed by atoms with Crippen molar-refractivity contribution in [1.82, 2.24) is 9.97 Å². The van der Waals surface area contributed by atoms with E-state index in [4.69, 9.17) is 18.8 Å². The Labute approximate surface area is 281 Å². The number of benzene rings is 7. The average Bonchev–Trinajstić information content (AvgIpc) is 3.75. The lowest BCUT2D eigenvalue weighted by molar-refractivity contribution is 0.669. The minimum atomic E-state index is 0.664. The molecule has 0 aliphatic carbocycles. The molecular weight excluding hydrogens is 603 g/mol. The fraction of sp³-hybridized carbons (Fsp3) is 0. The van der Waals surface area contributed by atoms with Crippen LogP contribution in [0.1, 0.15) is 0 Å². The monoisotopic (exact) mass is 629 g/mol. The molecule has 0 aliphatic rings. The SMILES string of the molecule is c1ccc(-c2nc(N(c3ccc(-c4cccc5c4oc4ccccc45)cc3)c3cccc4oc5ccccc5c34)c3ccccc3n2)cc1. The van der Waals surface area contributed by atoms with Gasteiger partial charge in [0, 0.05) is 38.4 Å². The van der Waals surface area contributed by atoms with Crippen molar-refractivity contribution in [3.8, 4) is 22.5 Å². The maximum atomic E-state index is 6.40. The summed E-state index contributed by atoms with van der Waals surface area (Å²) in [5, 5.41) is 5.25. The fourth-order valence-electron chi connectivity index (χ4n) is 7.03. The van der Waals surface area contributed by atoms with Crippen LogP contribution >= 0.6 is 0 Å². The zero-order valence-corrected chi connectivity index (χ0v) is 26.2. The second-order valence-electron chi connectivity index (χ2n) is 12.2. The van der Waals surface area contributed by atoms with E-state index in [-0.39, 0.29) is 0 Å². The maximum Gasteiger partial charge on any atom is 0.162 e. The van der Waals surface area contributed by atoms with Gasteiger partial charge in [0.1, 0.15) is 28.1 Å². The molecule has 0 spiro atoms. The highest BCUT2D eigenvalue weighted by Crippen LogP contribution is 2.45.